The molecule has 3 rings (SSSR count). The summed E-state index contributed by atoms with van der Waals surface area (Å²) in [6, 6.07) is 17.3. The molecule has 1 heterocycles. The average molecular weight is 361 g/mol. The number of nitrogens with one attached hydrogen (secondary N) is 1. The first-order chi connectivity index (χ1) is 10.8. The van der Waals surface area contributed by atoms with Crippen molar-refractivity contribution in [1.29, 1.82) is 0 Å². The summed E-state index contributed by atoms with van der Waals surface area (Å²) in [7, 11) is 1.71. The predicted molar refractivity (Wildman–Crippen MR) is 93.4 cm³/mol. The third kappa shape index (κ3) is 3.51. The Labute approximate surface area is 140 Å². The van der Waals surface area contributed by atoms with Crippen LogP contribution < -0.4 is 10.1 Å². The number of hydrogen-bond acceptors (Lipinski definition) is 3. The molecule has 0 spiro atoms. The second kappa shape index (κ2) is 7.27. The Morgan fingerprint density at radius 3 is 2.41 bits per heavy atom. The van der Waals surface area contributed by atoms with E-state index in [2.05, 4.69) is 62.5 Å². The summed E-state index contributed by atoms with van der Waals surface area (Å²) in [6.45, 7) is 4.20. The maximum Gasteiger partial charge on any atom is 0.118 e. The fourth-order valence-electron chi connectivity index (χ4n) is 3.02. The van der Waals surface area contributed by atoms with Crippen LogP contribution in [0.2, 0.25) is 0 Å². The van der Waals surface area contributed by atoms with Crippen LogP contribution in [-0.2, 0) is 0 Å². The van der Waals surface area contributed by atoms with Crippen LogP contribution in [0, 0.1) is 0 Å². The molecule has 1 aliphatic heterocycles. The summed E-state index contributed by atoms with van der Waals surface area (Å²) in [5.41, 5.74) is 2.63. The highest BCUT2D eigenvalue weighted by atomic mass is 79.9. The maximum atomic E-state index is 5.29. The molecule has 1 saturated heterocycles. The van der Waals surface area contributed by atoms with Crippen molar-refractivity contribution >= 4 is 15.9 Å². The lowest BCUT2D eigenvalue weighted by molar-refractivity contribution is 0.198. The molecule has 1 fully saturated rings. The van der Waals surface area contributed by atoms with E-state index in [1.54, 1.807) is 7.11 Å². The maximum absolute atomic E-state index is 5.29. The molecule has 1 N–H and O–H groups in total. The normalized spacial score (nSPS) is 17.2. The Morgan fingerprint density at radius 2 is 1.77 bits per heavy atom. The summed E-state index contributed by atoms with van der Waals surface area (Å²) < 4.78 is 6.41. The van der Waals surface area contributed by atoms with Crippen molar-refractivity contribution < 1.29 is 4.74 Å². The molecule has 0 aliphatic carbocycles. The highest BCUT2D eigenvalue weighted by Crippen LogP contribution is 2.31. The minimum Gasteiger partial charge on any atom is -0.497 e. The number of hydrogen-bond donors (Lipinski definition) is 1. The van der Waals surface area contributed by atoms with E-state index in [-0.39, 0.29) is 6.04 Å². The summed E-state index contributed by atoms with van der Waals surface area (Å²) in [6.07, 6.45) is 0. The summed E-state index contributed by atoms with van der Waals surface area (Å²) in [4.78, 5) is 2.54. The molecular formula is C18H21BrN2O. The van der Waals surface area contributed by atoms with E-state index in [0.29, 0.717) is 0 Å². The quantitative estimate of drug-likeness (QED) is 0.903. The first-order valence-electron chi connectivity index (χ1n) is 7.62. The van der Waals surface area contributed by atoms with Gasteiger partial charge in [0, 0.05) is 30.7 Å². The zero-order valence-electron chi connectivity index (χ0n) is 12.8. The Morgan fingerprint density at radius 1 is 1.05 bits per heavy atom. The van der Waals surface area contributed by atoms with Crippen LogP contribution in [0.5, 0.6) is 5.75 Å². The number of halogens is 1. The van der Waals surface area contributed by atoms with Gasteiger partial charge < -0.3 is 10.1 Å². The number of methoxy groups -OCH3 is 1. The Kier molecular flexibility index (Phi) is 5.13. The van der Waals surface area contributed by atoms with Crippen molar-refractivity contribution in [2.45, 2.75) is 6.04 Å². The van der Waals surface area contributed by atoms with Crippen LogP contribution in [0.15, 0.2) is 53.0 Å². The highest BCUT2D eigenvalue weighted by Gasteiger charge is 2.24. The largest absolute Gasteiger partial charge is 0.497 e. The molecule has 2 aromatic rings. The molecule has 0 amide bonds. The highest BCUT2D eigenvalue weighted by molar-refractivity contribution is 9.10. The molecule has 0 aromatic heterocycles. The SMILES string of the molecule is COc1ccc(C(c2cccc(Br)c2)N2CCNCC2)cc1. The Bertz CT molecular complexity index is 609. The van der Waals surface area contributed by atoms with E-state index in [1.165, 1.54) is 11.1 Å². The van der Waals surface area contributed by atoms with Gasteiger partial charge in [-0.15, -0.1) is 0 Å². The third-order valence-electron chi connectivity index (χ3n) is 4.11. The smallest absolute Gasteiger partial charge is 0.118 e. The number of piperazine rings is 1. The van der Waals surface area contributed by atoms with Crippen LogP contribution in [0.4, 0.5) is 0 Å². The molecule has 0 radical (unpaired) electrons. The van der Waals surface area contributed by atoms with Gasteiger partial charge in [-0.05, 0) is 35.4 Å². The number of rotatable bonds is 4. The second-order valence-corrected chi connectivity index (χ2v) is 6.43. The Hall–Kier alpha value is -1.36. The molecule has 22 heavy (non-hydrogen) atoms. The first kappa shape index (κ1) is 15.5. The third-order valence-corrected chi connectivity index (χ3v) is 4.61. The van der Waals surface area contributed by atoms with E-state index in [0.717, 1.165) is 36.4 Å². The lowest BCUT2D eigenvalue weighted by atomic mass is 9.96. The monoisotopic (exact) mass is 360 g/mol. The average Bonchev–Trinajstić information content (AvgIpc) is 2.57. The molecule has 1 unspecified atom stereocenters. The minimum absolute atomic E-state index is 0.283. The summed E-state index contributed by atoms with van der Waals surface area (Å²) >= 11 is 3.60. The molecule has 1 atom stereocenters. The van der Waals surface area contributed by atoms with Crippen LogP contribution >= 0.6 is 15.9 Å². The van der Waals surface area contributed by atoms with E-state index >= 15 is 0 Å². The van der Waals surface area contributed by atoms with Gasteiger partial charge in [0.15, 0.2) is 0 Å². The molecule has 4 heteroatoms. The second-order valence-electron chi connectivity index (χ2n) is 5.52. The summed E-state index contributed by atoms with van der Waals surface area (Å²) in [5.74, 6) is 0.900. The van der Waals surface area contributed by atoms with Gasteiger partial charge >= 0.3 is 0 Å². The lowest BCUT2D eigenvalue weighted by Gasteiger charge is -2.35. The fourth-order valence-corrected chi connectivity index (χ4v) is 3.43. The molecular weight excluding hydrogens is 340 g/mol. The van der Waals surface area contributed by atoms with Gasteiger partial charge in [0.1, 0.15) is 5.75 Å². The van der Waals surface area contributed by atoms with Gasteiger partial charge in [-0.2, -0.15) is 0 Å². The van der Waals surface area contributed by atoms with Crippen molar-refractivity contribution in [3.05, 3.63) is 64.1 Å². The minimum atomic E-state index is 0.283. The zero-order valence-corrected chi connectivity index (χ0v) is 14.3. The molecule has 1 aliphatic rings. The molecule has 3 nitrogen and oxygen atoms in total. The van der Waals surface area contributed by atoms with E-state index in [4.69, 9.17) is 4.74 Å². The first-order valence-corrected chi connectivity index (χ1v) is 8.41. The van der Waals surface area contributed by atoms with Gasteiger partial charge in [-0.1, -0.05) is 40.2 Å². The van der Waals surface area contributed by atoms with Crippen LogP contribution in [0.3, 0.4) is 0 Å². The summed E-state index contributed by atoms with van der Waals surface area (Å²) in [5, 5.41) is 3.43. The van der Waals surface area contributed by atoms with Crippen molar-refractivity contribution in [3.63, 3.8) is 0 Å². The lowest BCUT2D eigenvalue weighted by Crippen LogP contribution is -2.45. The van der Waals surface area contributed by atoms with Crippen LogP contribution in [0.1, 0.15) is 17.2 Å². The van der Waals surface area contributed by atoms with Crippen molar-refractivity contribution in [2.24, 2.45) is 0 Å². The van der Waals surface area contributed by atoms with Crippen LogP contribution in [0.25, 0.3) is 0 Å². The number of benzene rings is 2. The zero-order chi connectivity index (χ0) is 15.4. The Balaban J connectivity index is 1.97. The topological polar surface area (TPSA) is 24.5 Å². The van der Waals surface area contributed by atoms with Crippen molar-refractivity contribution in [3.8, 4) is 5.75 Å². The van der Waals surface area contributed by atoms with Gasteiger partial charge in [-0.3, -0.25) is 4.90 Å². The molecule has 2 aromatic carbocycles. The van der Waals surface area contributed by atoms with E-state index < -0.39 is 0 Å². The van der Waals surface area contributed by atoms with Gasteiger partial charge in [0.2, 0.25) is 0 Å². The van der Waals surface area contributed by atoms with Crippen molar-refractivity contribution in [2.75, 3.05) is 33.3 Å². The van der Waals surface area contributed by atoms with Crippen molar-refractivity contribution in [1.82, 2.24) is 10.2 Å². The number of nitrogens with zero attached hydrogens (tertiary/aromatic N) is 1. The van der Waals surface area contributed by atoms with Gasteiger partial charge in [0.05, 0.1) is 13.2 Å². The van der Waals surface area contributed by atoms with Crippen LogP contribution in [-0.4, -0.2) is 38.2 Å². The van der Waals surface area contributed by atoms with Gasteiger partial charge in [0.25, 0.3) is 0 Å². The van der Waals surface area contributed by atoms with E-state index in [1.807, 2.05) is 12.1 Å². The molecule has 116 valence electrons. The molecule has 0 saturated carbocycles. The number of ether oxygens (including phenoxy) is 1. The predicted octanol–water partition coefficient (Wildman–Crippen LogP) is 3.45. The molecule has 0 bridgehead atoms. The standard InChI is InChI=1S/C18H21BrN2O/c1-22-17-7-5-14(6-8-17)18(21-11-9-20-10-12-21)15-3-2-4-16(19)13-15/h2-8,13,18,20H,9-12H2,1H3. The fraction of sp³-hybridized carbons (Fsp3) is 0.333. The van der Waals surface area contributed by atoms with Gasteiger partial charge in [-0.25, -0.2) is 0 Å². The van der Waals surface area contributed by atoms with E-state index in [9.17, 15) is 0 Å².